The SMILES string of the molecule is C=CCN1C(=O)OC(=CCC(=CC)N(CC)C(=O)N(C)C(=C)CCNC(=O)OC(C)(C)C)C1C. The van der Waals surface area contributed by atoms with Gasteiger partial charge in [0, 0.05) is 50.9 Å². The Morgan fingerprint density at radius 3 is 2.50 bits per heavy atom. The number of urea groups is 1. The van der Waals surface area contributed by atoms with Crippen molar-refractivity contribution in [3.63, 3.8) is 0 Å². The van der Waals surface area contributed by atoms with Crippen LogP contribution < -0.4 is 5.32 Å². The van der Waals surface area contributed by atoms with Gasteiger partial charge in [0.25, 0.3) is 0 Å². The van der Waals surface area contributed by atoms with Gasteiger partial charge in [-0.3, -0.25) is 9.80 Å². The summed E-state index contributed by atoms with van der Waals surface area (Å²) in [6, 6.07) is -0.435. The standard InChI is InChI=1S/C25H40N4O5/c1-10-17-29-19(5)21(33-24(29)32)14-13-20(11-2)28(12-3)23(31)27(9)18(4)15-16-26-22(30)34-25(6,7)8/h10-11,14,19H,1,4,12-13,15-17H2,2-3,5-9H3,(H,26,30). The maximum absolute atomic E-state index is 13.2. The molecule has 1 aliphatic heterocycles. The molecular formula is C25H40N4O5. The van der Waals surface area contributed by atoms with E-state index < -0.39 is 17.8 Å². The lowest BCUT2D eigenvalue weighted by atomic mass is 10.2. The van der Waals surface area contributed by atoms with Gasteiger partial charge in [0.2, 0.25) is 0 Å². The first-order valence-corrected chi connectivity index (χ1v) is 11.5. The zero-order valence-electron chi connectivity index (χ0n) is 21.6. The number of carbonyl (C=O) groups excluding carboxylic acids is 3. The van der Waals surface area contributed by atoms with E-state index in [0.29, 0.717) is 43.9 Å². The molecule has 0 aliphatic carbocycles. The van der Waals surface area contributed by atoms with E-state index in [9.17, 15) is 14.4 Å². The first-order chi connectivity index (χ1) is 15.9. The van der Waals surface area contributed by atoms with Gasteiger partial charge >= 0.3 is 18.2 Å². The number of alkyl carbamates (subject to hydrolysis) is 1. The van der Waals surface area contributed by atoms with Crippen LogP contribution in [0.25, 0.3) is 0 Å². The van der Waals surface area contributed by atoms with E-state index in [1.807, 2.05) is 32.9 Å². The van der Waals surface area contributed by atoms with Crippen molar-refractivity contribution < 1.29 is 23.9 Å². The predicted molar refractivity (Wildman–Crippen MR) is 133 cm³/mol. The summed E-state index contributed by atoms with van der Waals surface area (Å²) in [5.41, 5.74) is 0.760. The molecule has 0 aromatic heterocycles. The Kier molecular flexibility index (Phi) is 10.9. The Morgan fingerprint density at radius 2 is 1.97 bits per heavy atom. The molecule has 0 bridgehead atoms. The van der Waals surface area contributed by atoms with Gasteiger partial charge in [-0.25, -0.2) is 14.4 Å². The summed E-state index contributed by atoms with van der Waals surface area (Å²) < 4.78 is 10.6. The molecule has 1 saturated heterocycles. The molecule has 1 N–H and O–H groups in total. The lowest BCUT2D eigenvalue weighted by Crippen LogP contribution is -2.40. The Bertz CT molecular complexity index is 841. The topological polar surface area (TPSA) is 91.4 Å². The van der Waals surface area contributed by atoms with Gasteiger partial charge in [0.1, 0.15) is 11.4 Å². The molecule has 0 aromatic rings. The van der Waals surface area contributed by atoms with Crippen LogP contribution >= 0.6 is 0 Å². The van der Waals surface area contributed by atoms with E-state index in [4.69, 9.17) is 9.47 Å². The van der Waals surface area contributed by atoms with E-state index in [2.05, 4.69) is 18.5 Å². The zero-order chi connectivity index (χ0) is 26.1. The quantitative estimate of drug-likeness (QED) is 0.448. The fraction of sp³-hybridized carbons (Fsp3) is 0.560. The number of hydrogen-bond acceptors (Lipinski definition) is 5. The van der Waals surface area contributed by atoms with Crippen molar-refractivity contribution in [2.75, 3.05) is 26.7 Å². The van der Waals surface area contributed by atoms with Gasteiger partial charge in [-0.1, -0.05) is 18.7 Å². The summed E-state index contributed by atoms with van der Waals surface area (Å²) in [5, 5.41) is 2.67. The Balaban J connectivity index is 2.75. The normalized spacial score (nSPS) is 17.3. The minimum absolute atomic E-state index is 0.200. The molecule has 1 rings (SSSR count). The number of rotatable bonds is 10. The molecule has 1 fully saturated rings. The van der Waals surface area contributed by atoms with Crippen molar-refractivity contribution in [1.29, 1.82) is 0 Å². The smallest absolute Gasteiger partial charge is 0.415 e. The molecule has 0 aromatic carbocycles. The maximum atomic E-state index is 13.2. The van der Waals surface area contributed by atoms with Gasteiger partial charge in [0.05, 0.1) is 6.04 Å². The molecule has 190 valence electrons. The minimum atomic E-state index is -0.577. The van der Waals surface area contributed by atoms with E-state index >= 15 is 0 Å². The Labute approximate surface area is 203 Å². The van der Waals surface area contributed by atoms with Crippen LogP contribution in [-0.4, -0.2) is 71.2 Å². The van der Waals surface area contributed by atoms with Crippen LogP contribution in [0.4, 0.5) is 14.4 Å². The summed E-state index contributed by atoms with van der Waals surface area (Å²) >= 11 is 0. The lowest BCUT2D eigenvalue weighted by molar-refractivity contribution is 0.0528. The molecule has 34 heavy (non-hydrogen) atoms. The van der Waals surface area contributed by atoms with Crippen molar-refractivity contribution in [2.45, 2.75) is 66.0 Å². The fourth-order valence-corrected chi connectivity index (χ4v) is 3.30. The third-order valence-corrected chi connectivity index (χ3v) is 5.23. The number of amides is 4. The zero-order valence-corrected chi connectivity index (χ0v) is 21.6. The summed E-state index contributed by atoms with van der Waals surface area (Å²) in [7, 11) is 1.65. The average molecular weight is 477 g/mol. The molecule has 1 aliphatic rings. The van der Waals surface area contributed by atoms with Gasteiger partial charge < -0.3 is 19.7 Å². The van der Waals surface area contributed by atoms with E-state index in [0.717, 1.165) is 5.70 Å². The number of nitrogens with zero attached hydrogens (tertiary/aromatic N) is 3. The molecule has 1 unspecified atom stereocenters. The van der Waals surface area contributed by atoms with Crippen LogP contribution in [0.15, 0.2) is 48.5 Å². The largest absolute Gasteiger partial charge is 0.444 e. The number of cyclic esters (lactones) is 1. The average Bonchev–Trinajstić information content (AvgIpc) is 3.02. The second-order valence-corrected chi connectivity index (χ2v) is 8.91. The minimum Gasteiger partial charge on any atom is -0.444 e. The maximum Gasteiger partial charge on any atom is 0.415 e. The van der Waals surface area contributed by atoms with Crippen molar-refractivity contribution >= 4 is 18.2 Å². The Morgan fingerprint density at radius 1 is 1.32 bits per heavy atom. The molecule has 9 nitrogen and oxygen atoms in total. The molecule has 0 saturated carbocycles. The van der Waals surface area contributed by atoms with E-state index in [1.54, 1.807) is 43.7 Å². The highest BCUT2D eigenvalue weighted by Crippen LogP contribution is 2.25. The van der Waals surface area contributed by atoms with Crippen LogP contribution in [0.3, 0.4) is 0 Å². The molecule has 0 spiro atoms. The second kappa shape index (κ2) is 12.9. The van der Waals surface area contributed by atoms with Gasteiger partial charge in [-0.2, -0.15) is 0 Å². The molecule has 0 radical (unpaired) electrons. The fourth-order valence-electron chi connectivity index (χ4n) is 3.30. The monoisotopic (exact) mass is 476 g/mol. The number of hydrogen-bond donors (Lipinski definition) is 1. The predicted octanol–water partition coefficient (Wildman–Crippen LogP) is 4.99. The number of nitrogens with one attached hydrogen (secondary N) is 1. The highest BCUT2D eigenvalue weighted by atomic mass is 16.6. The third kappa shape index (κ3) is 8.28. The van der Waals surface area contributed by atoms with Gasteiger partial charge in [-0.05, 0) is 47.6 Å². The van der Waals surface area contributed by atoms with Crippen LogP contribution in [0, 0.1) is 0 Å². The first kappa shape index (κ1) is 28.8. The number of carbonyl (C=O) groups is 3. The van der Waals surface area contributed by atoms with Crippen LogP contribution in [-0.2, 0) is 9.47 Å². The van der Waals surface area contributed by atoms with Crippen molar-refractivity contribution in [3.05, 3.63) is 48.5 Å². The molecular weight excluding hydrogens is 436 g/mol. The summed E-state index contributed by atoms with van der Waals surface area (Å²) in [6.45, 7) is 19.8. The van der Waals surface area contributed by atoms with Crippen LogP contribution in [0.1, 0.15) is 54.4 Å². The van der Waals surface area contributed by atoms with E-state index in [-0.39, 0.29) is 12.1 Å². The second-order valence-electron chi connectivity index (χ2n) is 8.91. The van der Waals surface area contributed by atoms with Crippen LogP contribution in [0.5, 0.6) is 0 Å². The molecule has 1 atom stereocenters. The number of ether oxygens (including phenoxy) is 2. The molecule has 1 heterocycles. The summed E-state index contributed by atoms with van der Waals surface area (Å²) in [5.74, 6) is 0.556. The molecule has 9 heteroatoms. The Hall–Kier alpha value is -3.23. The summed E-state index contributed by atoms with van der Waals surface area (Å²) in [6.07, 6.45) is 5.24. The van der Waals surface area contributed by atoms with E-state index in [1.165, 1.54) is 4.90 Å². The number of allylic oxidation sites excluding steroid dienone is 2. The molecule has 4 amide bonds. The third-order valence-electron chi connectivity index (χ3n) is 5.23. The highest BCUT2D eigenvalue weighted by molar-refractivity contribution is 5.78. The van der Waals surface area contributed by atoms with Gasteiger partial charge in [-0.15, -0.1) is 6.58 Å². The summed E-state index contributed by atoms with van der Waals surface area (Å²) in [4.78, 5) is 41.7. The van der Waals surface area contributed by atoms with Crippen molar-refractivity contribution in [1.82, 2.24) is 20.0 Å². The highest BCUT2D eigenvalue weighted by Gasteiger charge is 2.33. The van der Waals surface area contributed by atoms with Crippen LogP contribution in [0.2, 0.25) is 0 Å². The first-order valence-electron chi connectivity index (χ1n) is 11.5. The van der Waals surface area contributed by atoms with Gasteiger partial charge in [0.15, 0.2) is 0 Å². The van der Waals surface area contributed by atoms with Crippen molar-refractivity contribution in [3.8, 4) is 0 Å². The van der Waals surface area contributed by atoms with Crippen molar-refractivity contribution in [2.24, 2.45) is 0 Å². The lowest BCUT2D eigenvalue weighted by Gasteiger charge is -2.30.